The molecule has 2 aliphatic rings. The lowest BCUT2D eigenvalue weighted by Gasteiger charge is -2.17. The first-order valence-corrected chi connectivity index (χ1v) is 6.95. The highest BCUT2D eigenvalue weighted by Crippen LogP contribution is 2.34. The van der Waals surface area contributed by atoms with Gasteiger partial charge in [0.1, 0.15) is 6.04 Å². The van der Waals surface area contributed by atoms with Crippen LogP contribution in [0, 0.1) is 11.3 Å². The Morgan fingerprint density at radius 2 is 1.86 bits per heavy atom. The average molecular weight is 289 g/mol. The second-order valence-corrected chi connectivity index (χ2v) is 5.27. The molecule has 1 atom stereocenters. The van der Waals surface area contributed by atoms with Crippen molar-refractivity contribution in [1.29, 1.82) is 5.26 Å². The first-order valence-electron chi connectivity index (χ1n) is 6.95. The Hall–Kier alpha value is -3.13. The number of benzene rings is 2. The smallest absolute Gasteiger partial charge is 0.305 e. The fraction of sp³-hybridized carbons (Fsp3) is 0.118. The second kappa shape index (κ2) is 4.43. The van der Waals surface area contributed by atoms with Gasteiger partial charge in [-0.15, -0.1) is 0 Å². The third-order valence-electron chi connectivity index (χ3n) is 4.13. The molecule has 0 aromatic heterocycles. The summed E-state index contributed by atoms with van der Waals surface area (Å²) < 4.78 is 0. The van der Waals surface area contributed by atoms with Gasteiger partial charge < -0.3 is 4.90 Å². The summed E-state index contributed by atoms with van der Waals surface area (Å²) >= 11 is 0. The average Bonchev–Trinajstić information content (AvgIpc) is 3.11. The summed E-state index contributed by atoms with van der Waals surface area (Å²) in [4.78, 5) is 27.8. The molecule has 0 N–H and O–H groups in total. The van der Waals surface area contributed by atoms with Gasteiger partial charge in [-0.1, -0.05) is 36.4 Å². The van der Waals surface area contributed by atoms with Crippen LogP contribution in [-0.4, -0.2) is 29.4 Å². The van der Waals surface area contributed by atoms with Crippen molar-refractivity contribution >= 4 is 28.4 Å². The number of rotatable bonds is 1. The molecule has 0 bridgehead atoms. The SMILES string of the molecule is N#Cc1ccc(N2C(=O)[C@H]3C=CCN3C2=O)c2ccccc12. The normalized spacial score (nSPS) is 19.9. The molecule has 0 radical (unpaired) electrons. The third kappa shape index (κ3) is 1.52. The maximum Gasteiger partial charge on any atom is 0.332 e. The number of hydrogen-bond donors (Lipinski definition) is 0. The number of urea groups is 1. The molecule has 1 fully saturated rings. The van der Waals surface area contributed by atoms with E-state index in [1.54, 1.807) is 18.2 Å². The molecule has 5 nitrogen and oxygen atoms in total. The molecule has 2 aromatic rings. The lowest BCUT2D eigenvalue weighted by molar-refractivity contribution is -0.118. The van der Waals surface area contributed by atoms with Gasteiger partial charge in [0.05, 0.1) is 17.3 Å². The summed E-state index contributed by atoms with van der Waals surface area (Å²) in [7, 11) is 0. The minimum absolute atomic E-state index is 0.242. The first-order chi connectivity index (χ1) is 10.7. The van der Waals surface area contributed by atoms with Gasteiger partial charge in [0.2, 0.25) is 0 Å². The molecule has 0 saturated carbocycles. The number of anilines is 1. The number of nitriles is 1. The molecule has 106 valence electrons. The van der Waals surface area contributed by atoms with E-state index in [1.165, 1.54) is 9.80 Å². The predicted octanol–water partition coefficient (Wildman–Crippen LogP) is 2.42. The minimum atomic E-state index is -0.498. The van der Waals surface area contributed by atoms with Gasteiger partial charge in [0, 0.05) is 17.3 Å². The molecule has 4 rings (SSSR count). The zero-order valence-electron chi connectivity index (χ0n) is 11.6. The van der Waals surface area contributed by atoms with E-state index in [-0.39, 0.29) is 11.9 Å². The van der Waals surface area contributed by atoms with Gasteiger partial charge >= 0.3 is 6.03 Å². The van der Waals surface area contributed by atoms with E-state index in [0.717, 1.165) is 10.8 Å². The van der Waals surface area contributed by atoms with Gasteiger partial charge in [-0.2, -0.15) is 5.26 Å². The van der Waals surface area contributed by atoms with Crippen LogP contribution in [0.15, 0.2) is 48.6 Å². The monoisotopic (exact) mass is 289 g/mol. The van der Waals surface area contributed by atoms with E-state index in [2.05, 4.69) is 6.07 Å². The van der Waals surface area contributed by atoms with E-state index in [9.17, 15) is 14.9 Å². The molecule has 2 aliphatic heterocycles. The highest BCUT2D eigenvalue weighted by Gasteiger charge is 2.46. The van der Waals surface area contributed by atoms with Crippen LogP contribution in [0.3, 0.4) is 0 Å². The fourth-order valence-corrected chi connectivity index (χ4v) is 3.09. The van der Waals surface area contributed by atoms with E-state index in [4.69, 9.17) is 0 Å². The zero-order valence-corrected chi connectivity index (χ0v) is 11.6. The summed E-state index contributed by atoms with van der Waals surface area (Å²) in [5.41, 5.74) is 1.06. The van der Waals surface area contributed by atoms with E-state index in [1.807, 2.05) is 30.3 Å². The van der Waals surface area contributed by atoms with Crippen molar-refractivity contribution < 1.29 is 9.59 Å². The van der Waals surface area contributed by atoms with Crippen LogP contribution in [0.25, 0.3) is 10.8 Å². The molecule has 2 heterocycles. The van der Waals surface area contributed by atoms with Crippen molar-refractivity contribution in [3.63, 3.8) is 0 Å². The van der Waals surface area contributed by atoms with Gasteiger partial charge in [-0.3, -0.25) is 4.79 Å². The maximum absolute atomic E-state index is 12.5. The number of nitrogens with zero attached hydrogens (tertiary/aromatic N) is 3. The summed E-state index contributed by atoms with van der Waals surface area (Å²) in [6.07, 6.45) is 3.58. The fourth-order valence-electron chi connectivity index (χ4n) is 3.09. The standard InChI is InChI=1S/C17H11N3O2/c18-10-11-7-8-14(13-5-2-1-4-12(11)13)20-16(21)15-6-3-9-19(15)17(20)22/h1-8,15H,9H2/t15-/m1/s1. The van der Waals surface area contributed by atoms with E-state index in [0.29, 0.717) is 17.8 Å². The Morgan fingerprint density at radius 3 is 2.59 bits per heavy atom. The molecule has 0 aliphatic carbocycles. The number of fused-ring (bicyclic) bond motifs is 2. The first kappa shape index (κ1) is 12.6. The van der Waals surface area contributed by atoms with Gasteiger partial charge in [-0.25, -0.2) is 9.69 Å². The maximum atomic E-state index is 12.5. The van der Waals surface area contributed by atoms with Crippen LogP contribution in [0.1, 0.15) is 5.56 Å². The highest BCUT2D eigenvalue weighted by atomic mass is 16.2. The number of hydrogen-bond acceptors (Lipinski definition) is 3. The van der Waals surface area contributed by atoms with Gasteiger partial charge in [-0.05, 0) is 12.1 Å². The number of carbonyl (C=O) groups excluding carboxylic acids is 2. The Bertz CT molecular complexity index is 894. The van der Waals surface area contributed by atoms with Crippen molar-refractivity contribution in [1.82, 2.24) is 4.90 Å². The topological polar surface area (TPSA) is 64.4 Å². The summed E-state index contributed by atoms with van der Waals surface area (Å²) in [5.74, 6) is -0.242. The van der Waals surface area contributed by atoms with E-state index >= 15 is 0 Å². The number of imide groups is 1. The van der Waals surface area contributed by atoms with Gasteiger partial charge in [0.25, 0.3) is 5.91 Å². The summed E-state index contributed by atoms with van der Waals surface area (Å²) in [6, 6.07) is 12.0. The van der Waals surface area contributed by atoms with Crippen LogP contribution in [0.2, 0.25) is 0 Å². The Balaban J connectivity index is 1.93. The molecule has 0 spiro atoms. The van der Waals surface area contributed by atoms with Crippen LogP contribution in [0.4, 0.5) is 10.5 Å². The van der Waals surface area contributed by atoms with Crippen LogP contribution >= 0.6 is 0 Å². The zero-order chi connectivity index (χ0) is 15.3. The van der Waals surface area contributed by atoms with Crippen LogP contribution in [0.5, 0.6) is 0 Å². The second-order valence-electron chi connectivity index (χ2n) is 5.27. The summed E-state index contributed by atoms with van der Waals surface area (Å²) in [5, 5.41) is 10.7. The molecular weight excluding hydrogens is 278 g/mol. The Kier molecular flexibility index (Phi) is 2.54. The lowest BCUT2D eigenvalue weighted by Crippen LogP contribution is -2.33. The van der Waals surface area contributed by atoms with Crippen molar-refractivity contribution in [2.24, 2.45) is 0 Å². The Labute approximate surface area is 126 Å². The largest absolute Gasteiger partial charge is 0.332 e. The molecule has 2 aromatic carbocycles. The highest BCUT2D eigenvalue weighted by molar-refractivity contribution is 6.25. The number of amides is 3. The van der Waals surface area contributed by atoms with Crippen molar-refractivity contribution in [2.45, 2.75) is 6.04 Å². The van der Waals surface area contributed by atoms with E-state index < -0.39 is 6.04 Å². The van der Waals surface area contributed by atoms with Gasteiger partial charge in [0.15, 0.2) is 0 Å². The lowest BCUT2D eigenvalue weighted by atomic mass is 10.0. The third-order valence-corrected chi connectivity index (χ3v) is 4.13. The predicted molar refractivity (Wildman–Crippen MR) is 81.2 cm³/mol. The summed E-state index contributed by atoms with van der Waals surface area (Å²) in [6.45, 7) is 0.458. The van der Waals surface area contributed by atoms with Crippen molar-refractivity contribution in [3.05, 3.63) is 54.1 Å². The molecule has 5 heteroatoms. The van der Waals surface area contributed by atoms with Crippen molar-refractivity contribution in [2.75, 3.05) is 11.4 Å². The van der Waals surface area contributed by atoms with Crippen LogP contribution in [-0.2, 0) is 4.79 Å². The molecule has 3 amide bonds. The molecular formula is C17H11N3O2. The molecule has 22 heavy (non-hydrogen) atoms. The Morgan fingerprint density at radius 1 is 1.09 bits per heavy atom. The molecule has 0 unspecified atom stereocenters. The van der Waals surface area contributed by atoms with Crippen LogP contribution < -0.4 is 4.90 Å². The number of carbonyl (C=O) groups is 2. The van der Waals surface area contributed by atoms with Crippen molar-refractivity contribution in [3.8, 4) is 6.07 Å². The molecule has 1 saturated heterocycles. The quantitative estimate of drug-likeness (QED) is 0.598. The minimum Gasteiger partial charge on any atom is -0.305 e.